The third-order valence-corrected chi connectivity index (χ3v) is 6.63. The van der Waals surface area contributed by atoms with E-state index in [4.69, 9.17) is 34.8 Å². The Kier molecular flexibility index (Phi) is 6.44. The number of aliphatic hydroxyl groups excluding tert-OH is 1. The smallest absolute Gasteiger partial charge is 0.255 e. The average molecular weight is 451 g/mol. The largest absolute Gasteiger partial charge is 0.507 e. The Labute approximate surface area is 170 Å². The Balaban J connectivity index is 0.00000261. The first-order valence-electron chi connectivity index (χ1n) is 7.40. The molecule has 0 spiro atoms. The minimum absolute atomic E-state index is 0. The van der Waals surface area contributed by atoms with Crippen molar-refractivity contribution in [3.63, 3.8) is 0 Å². The highest BCUT2D eigenvalue weighted by Gasteiger charge is 2.30. The molecule has 0 saturated carbocycles. The van der Waals surface area contributed by atoms with Gasteiger partial charge >= 0.3 is 0 Å². The highest BCUT2D eigenvalue weighted by atomic mass is 35.5. The van der Waals surface area contributed by atoms with Gasteiger partial charge in [0.1, 0.15) is 5.76 Å². The lowest BCUT2D eigenvalue weighted by Crippen LogP contribution is -2.17. The van der Waals surface area contributed by atoms with Crippen molar-refractivity contribution in [2.24, 2.45) is 0 Å². The normalized spacial score (nSPS) is 15.4. The molecule has 0 aliphatic carbocycles. The zero-order valence-electron chi connectivity index (χ0n) is 13.6. The van der Waals surface area contributed by atoms with Crippen LogP contribution in [0.1, 0.15) is 12.0 Å². The lowest BCUT2D eigenvalue weighted by molar-refractivity contribution is -0.113. The molecule has 0 unspecified atom stereocenters. The van der Waals surface area contributed by atoms with Crippen LogP contribution in [-0.2, 0) is 14.6 Å². The van der Waals surface area contributed by atoms with Gasteiger partial charge in [0.05, 0.1) is 26.3 Å². The molecule has 1 amide bonds. The number of rotatable bonds is 2. The number of nitrogens with one attached hydrogen (secondary N) is 1. The van der Waals surface area contributed by atoms with Gasteiger partial charge in [0.2, 0.25) is 0 Å². The van der Waals surface area contributed by atoms with Gasteiger partial charge in [-0.05, 0) is 42.8 Å². The topological polar surface area (TPSA) is 115 Å². The second-order valence-corrected chi connectivity index (χ2v) is 8.95. The van der Waals surface area contributed by atoms with Gasteiger partial charge in [0.15, 0.2) is 9.84 Å². The number of hydrogen-bond acceptors (Lipinski definition) is 4. The summed E-state index contributed by atoms with van der Waals surface area (Å²) in [7, 11) is -3.66. The minimum Gasteiger partial charge on any atom is -0.507 e. The molecule has 144 valence electrons. The first kappa shape index (κ1) is 21.5. The molecule has 0 radical (unpaired) electrons. The molecule has 1 heterocycles. The quantitative estimate of drug-likeness (QED) is 0.721. The van der Waals surface area contributed by atoms with Crippen LogP contribution in [0.5, 0.6) is 0 Å². The molecular weight excluding hydrogens is 437 g/mol. The first-order valence-corrected chi connectivity index (χ1v) is 10.2. The maximum absolute atomic E-state index is 12.6. The van der Waals surface area contributed by atoms with Crippen LogP contribution in [0.15, 0.2) is 46.9 Å². The van der Waals surface area contributed by atoms with Crippen molar-refractivity contribution >= 4 is 62.0 Å². The van der Waals surface area contributed by atoms with Crippen LogP contribution in [0.2, 0.25) is 15.1 Å². The second-order valence-electron chi connectivity index (χ2n) is 5.62. The summed E-state index contributed by atoms with van der Waals surface area (Å²) in [6, 6.07) is 8.58. The third kappa shape index (κ3) is 4.39. The fraction of sp³-hybridized carbons (Fsp3) is 0.118. The van der Waals surface area contributed by atoms with E-state index in [1.165, 1.54) is 30.3 Å². The SMILES string of the molecule is O.O=C(Nc1ccc(Cl)c(Cl)c1)C1=C(O)c2cc(Cl)ccc2S(=O)(=O)CC1. The van der Waals surface area contributed by atoms with E-state index in [1.807, 2.05) is 0 Å². The molecular formula is C17H14Cl3NO5S. The Morgan fingerprint density at radius 2 is 1.74 bits per heavy atom. The molecule has 0 atom stereocenters. The summed E-state index contributed by atoms with van der Waals surface area (Å²) in [5.41, 5.74) is 0.318. The van der Waals surface area contributed by atoms with E-state index in [2.05, 4.69) is 5.32 Å². The molecule has 0 saturated heterocycles. The summed E-state index contributed by atoms with van der Waals surface area (Å²) in [4.78, 5) is 12.5. The summed E-state index contributed by atoms with van der Waals surface area (Å²) in [6.45, 7) is 0. The average Bonchev–Trinajstić information content (AvgIpc) is 2.66. The summed E-state index contributed by atoms with van der Waals surface area (Å²) in [5, 5.41) is 14.0. The van der Waals surface area contributed by atoms with Crippen molar-refractivity contribution < 1.29 is 23.8 Å². The fourth-order valence-corrected chi connectivity index (χ4v) is 4.52. The number of aliphatic hydroxyl groups is 1. The second kappa shape index (κ2) is 8.08. The zero-order valence-corrected chi connectivity index (χ0v) is 16.7. The van der Waals surface area contributed by atoms with Crippen LogP contribution in [-0.4, -0.2) is 30.7 Å². The van der Waals surface area contributed by atoms with Crippen molar-refractivity contribution in [1.82, 2.24) is 0 Å². The number of benzene rings is 2. The van der Waals surface area contributed by atoms with E-state index >= 15 is 0 Å². The van der Waals surface area contributed by atoms with Crippen LogP contribution in [0.4, 0.5) is 5.69 Å². The maximum Gasteiger partial charge on any atom is 0.255 e. The van der Waals surface area contributed by atoms with Crippen molar-refractivity contribution in [3.8, 4) is 0 Å². The summed E-state index contributed by atoms with van der Waals surface area (Å²) in [5.74, 6) is -1.36. The summed E-state index contributed by atoms with van der Waals surface area (Å²) >= 11 is 17.7. The number of fused-ring (bicyclic) bond motifs is 1. The van der Waals surface area contributed by atoms with Crippen LogP contribution in [0.3, 0.4) is 0 Å². The van der Waals surface area contributed by atoms with E-state index < -0.39 is 21.5 Å². The maximum atomic E-state index is 12.6. The molecule has 3 rings (SSSR count). The van der Waals surface area contributed by atoms with Gasteiger partial charge in [-0.3, -0.25) is 4.79 Å². The van der Waals surface area contributed by atoms with Gasteiger partial charge in [-0.15, -0.1) is 0 Å². The van der Waals surface area contributed by atoms with Crippen LogP contribution >= 0.6 is 34.8 Å². The lowest BCUT2D eigenvalue weighted by Gasteiger charge is -2.10. The Hall–Kier alpha value is -1.77. The van der Waals surface area contributed by atoms with Crippen LogP contribution in [0, 0.1) is 0 Å². The summed E-state index contributed by atoms with van der Waals surface area (Å²) in [6.07, 6.45) is -0.145. The number of anilines is 1. The Morgan fingerprint density at radius 3 is 2.41 bits per heavy atom. The van der Waals surface area contributed by atoms with Crippen molar-refractivity contribution in [3.05, 3.63) is 62.6 Å². The van der Waals surface area contributed by atoms with Gasteiger partial charge in [0.25, 0.3) is 5.91 Å². The zero-order chi connectivity index (χ0) is 19.1. The van der Waals surface area contributed by atoms with Crippen LogP contribution < -0.4 is 5.32 Å². The molecule has 0 aromatic heterocycles. The van der Waals surface area contributed by atoms with E-state index in [9.17, 15) is 18.3 Å². The molecule has 2 aromatic carbocycles. The molecule has 2 aromatic rings. The summed E-state index contributed by atoms with van der Waals surface area (Å²) < 4.78 is 24.8. The van der Waals surface area contributed by atoms with E-state index in [0.717, 1.165) is 0 Å². The van der Waals surface area contributed by atoms with E-state index in [1.54, 1.807) is 6.07 Å². The molecule has 10 heteroatoms. The number of halogens is 3. The van der Waals surface area contributed by atoms with Crippen molar-refractivity contribution in [2.45, 2.75) is 11.3 Å². The predicted octanol–water partition coefficient (Wildman–Crippen LogP) is 3.91. The number of carbonyl (C=O) groups excluding carboxylic acids is 1. The standard InChI is InChI=1S/C17H12Cl3NO4S.H2O/c18-9-1-4-15-12(7-9)16(22)11(5-6-26(15,24)25)17(23)21-10-2-3-13(19)14(20)8-10;/h1-4,7-8,22H,5-6H2,(H,21,23);1H2. The number of carbonyl (C=O) groups is 1. The molecule has 0 fully saturated rings. The predicted molar refractivity (Wildman–Crippen MR) is 106 cm³/mol. The molecule has 6 nitrogen and oxygen atoms in total. The van der Waals surface area contributed by atoms with Crippen LogP contribution in [0.25, 0.3) is 5.76 Å². The van der Waals surface area contributed by atoms with Gasteiger partial charge in [0, 0.05) is 16.3 Å². The molecule has 4 N–H and O–H groups in total. The Bertz CT molecular complexity index is 1050. The van der Waals surface area contributed by atoms with E-state index in [0.29, 0.717) is 10.7 Å². The molecule has 1 aliphatic heterocycles. The van der Waals surface area contributed by atoms with Gasteiger partial charge in [-0.1, -0.05) is 34.8 Å². The van der Waals surface area contributed by atoms with Gasteiger partial charge < -0.3 is 15.9 Å². The fourth-order valence-electron chi connectivity index (χ4n) is 2.59. The first-order chi connectivity index (χ1) is 12.2. The van der Waals surface area contributed by atoms with Crippen molar-refractivity contribution in [1.29, 1.82) is 0 Å². The molecule has 0 bridgehead atoms. The number of sulfone groups is 1. The van der Waals surface area contributed by atoms with Crippen molar-refractivity contribution in [2.75, 3.05) is 11.1 Å². The van der Waals surface area contributed by atoms with Gasteiger partial charge in [-0.25, -0.2) is 8.42 Å². The highest BCUT2D eigenvalue weighted by molar-refractivity contribution is 7.91. The number of hydrogen-bond donors (Lipinski definition) is 2. The molecule has 1 aliphatic rings. The minimum atomic E-state index is -3.66. The van der Waals surface area contributed by atoms with E-state index in [-0.39, 0.29) is 43.7 Å². The lowest BCUT2D eigenvalue weighted by atomic mass is 10.1. The van der Waals surface area contributed by atoms with Gasteiger partial charge in [-0.2, -0.15) is 0 Å². The Morgan fingerprint density at radius 1 is 1.04 bits per heavy atom. The third-order valence-electron chi connectivity index (χ3n) is 3.89. The monoisotopic (exact) mass is 449 g/mol. The number of amides is 1. The molecule has 27 heavy (non-hydrogen) atoms. The highest BCUT2D eigenvalue weighted by Crippen LogP contribution is 2.33.